The minimum Gasteiger partial charge on any atom is -0.480 e. The third kappa shape index (κ3) is 7.80. The standard InChI is InChI=1S/C27H37N7O3/c1-27(2,37)17-34(15-4-3-8-20-11-10-19-7-5-13-28-23(19)32-20)16-12-22(26(35)36)33-25-21-9-6-14-29-24(21)30-18-31-25/h6,9-11,14,18,22,37H,3-5,7-8,12-13,15-17H2,1-2H3,(H,28,32)(H,35,36)(H,29,30,31,33)/t22-/m0/s1. The molecule has 4 rings (SSSR count). The molecule has 10 nitrogen and oxygen atoms in total. The largest absolute Gasteiger partial charge is 0.480 e. The average molecular weight is 508 g/mol. The summed E-state index contributed by atoms with van der Waals surface area (Å²) >= 11 is 0. The summed E-state index contributed by atoms with van der Waals surface area (Å²) < 4.78 is 0. The average Bonchev–Trinajstić information content (AvgIpc) is 2.87. The molecule has 0 radical (unpaired) electrons. The smallest absolute Gasteiger partial charge is 0.326 e. The molecule has 0 spiro atoms. The number of hydrogen-bond acceptors (Lipinski definition) is 9. The molecule has 1 atom stereocenters. The number of carbonyl (C=O) groups is 1. The summed E-state index contributed by atoms with van der Waals surface area (Å²) in [6.07, 6.45) is 8.39. The number of fused-ring (bicyclic) bond motifs is 2. The Morgan fingerprint density at radius 1 is 1.19 bits per heavy atom. The highest BCUT2D eigenvalue weighted by molar-refractivity contribution is 5.88. The summed E-state index contributed by atoms with van der Waals surface area (Å²) in [6, 6.07) is 7.05. The lowest BCUT2D eigenvalue weighted by Gasteiger charge is -2.30. The van der Waals surface area contributed by atoms with Crippen molar-refractivity contribution in [1.82, 2.24) is 24.8 Å². The monoisotopic (exact) mass is 507 g/mol. The van der Waals surface area contributed by atoms with Crippen molar-refractivity contribution in [3.8, 4) is 0 Å². The molecule has 0 aliphatic carbocycles. The Morgan fingerprint density at radius 2 is 2.05 bits per heavy atom. The van der Waals surface area contributed by atoms with Gasteiger partial charge in [0.25, 0.3) is 0 Å². The van der Waals surface area contributed by atoms with Crippen molar-refractivity contribution >= 4 is 28.6 Å². The zero-order valence-corrected chi connectivity index (χ0v) is 21.7. The van der Waals surface area contributed by atoms with Gasteiger partial charge < -0.3 is 25.7 Å². The van der Waals surface area contributed by atoms with Crippen LogP contribution in [0.2, 0.25) is 0 Å². The van der Waals surface area contributed by atoms with E-state index in [1.54, 1.807) is 26.1 Å². The predicted octanol–water partition coefficient (Wildman–Crippen LogP) is 3.13. The van der Waals surface area contributed by atoms with Crippen LogP contribution in [0, 0.1) is 0 Å². The Balaban J connectivity index is 1.33. The molecule has 0 saturated heterocycles. The van der Waals surface area contributed by atoms with Crippen molar-refractivity contribution in [2.75, 3.05) is 36.8 Å². The van der Waals surface area contributed by atoms with E-state index in [9.17, 15) is 15.0 Å². The van der Waals surface area contributed by atoms with Crippen LogP contribution in [0.1, 0.15) is 50.8 Å². The molecule has 0 aromatic carbocycles. The Hall–Kier alpha value is -3.37. The van der Waals surface area contributed by atoms with Gasteiger partial charge in [-0.25, -0.2) is 24.7 Å². The third-order valence-corrected chi connectivity index (χ3v) is 6.47. The van der Waals surface area contributed by atoms with Crippen LogP contribution in [0.4, 0.5) is 11.6 Å². The molecule has 198 valence electrons. The lowest BCUT2D eigenvalue weighted by atomic mass is 10.1. The number of anilines is 2. The Morgan fingerprint density at radius 3 is 2.86 bits per heavy atom. The van der Waals surface area contributed by atoms with Crippen molar-refractivity contribution in [2.45, 2.75) is 64.0 Å². The summed E-state index contributed by atoms with van der Waals surface area (Å²) in [4.78, 5) is 31.6. The van der Waals surface area contributed by atoms with Gasteiger partial charge >= 0.3 is 5.97 Å². The van der Waals surface area contributed by atoms with Gasteiger partial charge in [-0.3, -0.25) is 0 Å². The first-order valence-electron chi connectivity index (χ1n) is 13.0. The fourth-order valence-corrected chi connectivity index (χ4v) is 4.71. The number of pyridine rings is 2. The topological polar surface area (TPSA) is 136 Å². The van der Waals surface area contributed by atoms with Crippen LogP contribution >= 0.6 is 0 Å². The lowest BCUT2D eigenvalue weighted by Crippen LogP contribution is -2.42. The van der Waals surface area contributed by atoms with Crippen LogP contribution in [0.3, 0.4) is 0 Å². The van der Waals surface area contributed by atoms with E-state index >= 15 is 0 Å². The van der Waals surface area contributed by atoms with E-state index < -0.39 is 17.6 Å². The van der Waals surface area contributed by atoms with Crippen molar-refractivity contribution in [1.29, 1.82) is 0 Å². The molecule has 0 unspecified atom stereocenters. The Kier molecular flexibility index (Phi) is 8.83. The highest BCUT2D eigenvalue weighted by atomic mass is 16.4. The first-order valence-corrected chi connectivity index (χ1v) is 13.0. The van der Waals surface area contributed by atoms with Gasteiger partial charge in [0.2, 0.25) is 0 Å². The molecule has 37 heavy (non-hydrogen) atoms. The van der Waals surface area contributed by atoms with Crippen LogP contribution in [0.25, 0.3) is 11.0 Å². The van der Waals surface area contributed by atoms with E-state index in [1.165, 1.54) is 11.9 Å². The van der Waals surface area contributed by atoms with E-state index in [4.69, 9.17) is 4.98 Å². The van der Waals surface area contributed by atoms with Crippen molar-refractivity contribution in [3.05, 3.63) is 48.0 Å². The summed E-state index contributed by atoms with van der Waals surface area (Å²) in [5.74, 6) is 0.518. The van der Waals surface area contributed by atoms with Gasteiger partial charge in [-0.2, -0.15) is 0 Å². The van der Waals surface area contributed by atoms with Crippen LogP contribution in [0.15, 0.2) is 36.8 Å². The number of carboxylic acid groups (broad SMARTS) is 1. The van der Waals surface area contributed by atoms with Crippen molar-refractivity contribution in [2.24, 2.45) is 0 Å². The molecule has 3 aromatic rings. The lowest BCUT2D eigenvalue weighted by molar-refractivity contribution is -0.138. The van der Waals surface area contributed by atoms with E-state index in [1.807, 2.05) is 6.07 Å². The Bertz CT molecular complexity index is 1190. The summed E-state index contributed by atoms with van der Waals surface area (Å²) in [7, 11) is 0. The van der Waals surface area contributed by atoms with Crippen LogP contribution in [0.5, 0.6) is 0 Å². The molecular weight excluding hydrogens is 470 g/mol. The van der Waals surface area contributed by atoms with Crippen LogP contribution in [-0.4, -0.2) is 78.8 Å². The molecule has 0 fully saturated rings. The van der Waals surface area contributed by atoms with Gasteiger partial charge in [0, 0.05) is 31.5 Å². The van der Waals surface area contributed by atoms with E-state index in [0.717, 1.165) is 56.7 Å². The second-order valence-corrected chi connectivity index (χ2v) is 10.3. The van der Waals surface area contributed by atoms with E-state index in [-0.39, 0.29) is 0 Å². The van der Waals surface area contributed by atoms with Gasteiger partial charge in [0.1, 0.15) is 24.0 Å². The number of aryl methyl sites for hydroxylation is 2. The number of rotatable bonds is 13. The number of aliphatic hydroxyl groups is 1. The zero-order valence-electron chi connectivity index (χ0n) is 21.7. The van der Waals surface area contributed by atoms with E-state index in [2.05, 4.69) is 42.6 Å². The number of aliphatic carboxylic acids is 1. The fourth-order valence-electron chi connectivity index (χ4n) is 4.71. The third-order valence-electron chi connectivity index (χ3n) is 6.47. The SMILES string of the molecule is CC(C)(O)CN(CCCCc1ccc2c(n1)NCCC2)CC[C@H](Nc1ncnc2ncccc12)C(=O)O. The number of nitrogens with zero attached hydrogens (tertiary/aromatic N) is 5. The molecule has 0 bridgehead atoms. The predicted molar refractivity (Wildman–Crippen MR) is 144 cm³/mol. The van der Waals surface area contributed by atoms with Crippen molar-refractivity contribution in [3.63, 3.8) is 0 Å². The zero-order chi connectivity index (χ0) is 26.3. The quantitative estimate of drug-likeness (QED) is 0.255. The molecule has 4 N–H and O–H groups in total. The molecule has 0 amide bonds. The first kappa shape index (κ1) is 26.7. The molecule has 4 heterocycles. The van der Waals surface area contributed by atoms with Gasteiger partial charge in [-0.05, 0) is 82.7 Å². The number of unbranched alkanes of at least 4 members (excludes halogenated alkanes) is 1. The first-order chi connectivity index (χ1) is 17.8. The number of nitrogens with one attached hydrogen (secondary N) is 2. The van der Waals surface area contributed by atoms with Gasteiger partial charge in [0.05, 0.1) is 11.0 Å². The maximum atomic E-state index is 12.1. The normalized spacial score (nSPS) is 14.3. The molecule has 1 aliphatic rings. The Labute approximate surface area is 217 Å². The molecule has 0 saturated carbocycles. The molecule has 1 aliphatic heterocycles. The van der Waals surface area contributed by atoms with Gasteiger partial charge in [0.15, 0.2) is 5.65 Å². The number of hydrogen-bond donors (Lipinski definition) is 4. The molecule has 10 heteroatoms. The van der Waals surface area contributed by atoms with Crippen LogP contribution in [-0.2, 0) is 17.6 Å². The second-order valence-electron chi connectivity index (χ2n) is 10.3. The molecule has 3 aromatic heterocycles. The summed E-state index contributed by atoms with van der Waals surface area (Å²) in [5, 5.41) is 27.4. The van der Waals surface area contributed by atoms with Gasteiger partial charge in [-0.1, -0.05) is 6.07 Å². The van der Waals surface area contributed by atoms with E-state index in [0.29, 0.717) is 36.4 Å². The minimum atomic E-state index is -0.953. The second kappa shape index (κ2) is 12.2. The maximum Gasteiger partial charge on any atom is 0.326 e. The maximum absolute atomic E-state index is 12.1. The minimum absolute atomic E-state index is 0.356. The fraction of sp³-hybridized carbons (Fsp3) is 0.519. The van der Waals surface area contributed by atoms with Gasteiger partial charge in [-0.15, -0.1) is 0 Å². The highest BCUT2D eigenvalue weighted by Crippen LogP contribution is 2.21. The van der Waals surface area contributed by atoms with Crippen LogP contribution < -0.4 is 10.6 Å². The van der Waals surface area contributed by atoms with Crippen molar-refractivity contribution < 1.29 is 15.0 Å². The molecular formula is C27H37N7O3. The number of carboxylic acids is 1. The summed E-state index contributed by atoms with van der Waals surface area (Å²) in [6.45, 7) is 6.27. The highest BCUT2D eigenvalue weighted by Gasteiger charge is 2.23. The number of aromatic nitrogens is 4. The summed E-state index contributed by atoms with van der Waals surface area (Å²) in [5.41, 5.74) is 2.01.